The molecule has 208 valence electrons. The predicted molar refractivity (Wildman–Crippen MR) is 187 cm³/mol. The summed E-state index contributed by atoms with van der Waals surface area (Å²) in [5.74, 6) is 0. The molecule has 2 aliphatic heterocycles. The van der Waals surface area contributed by atoms with Crippen molar-refractivity contribution in [2.45, 2.75) is 32.7 Å². The maximum Gasteiger partial charge on any atom is 0.112 e. The van der Waals surface area contributed by atoms with E-state index in [0.717, 1.165) is 0 Å². The summed E-state index contributed by atoms with van der Waals surface area (Å²) in [6.45, 7) is 4.92. The normalized spacial score (nSPS) is 13.5. The fraction of sp³-hybridized carbons (Fsp3) is 0.0526. The maximum atomic E-state index is 2.46. The van der Waals surface area contributed by atoms with E-state index in [4.69, 9.17) is 0 Å². The second-order valence-electron chi connectivity index (χ2n) is 11.5. The average molecular weight is 607 g/mol. The molecule has 8 rings (SSSR count). The third-order valence-corrected chi connectivity index (χ3v) is 14.4. The smallest absolute Gasteiger partial charge is 0.112 e. The molecule has 6 aromatic carbocycles. The molecule has 0 fully saturated rings. The summed E-state index contributed by atoms with van der Waals surface area (Å²) in [5.41, 5.74) is 7.36. The lowest BCUT2D eigenvalue weighted by Gasteiger charge is -2.34. The number of hydrogen-bond acceptors (Lipinski definition) is 4. The third kappa shape index (κ3) is 4.51. The first-order valence-electron chi connectivity index (χ1n) is 14.6. The summed E-state index contributed by atoms with van der Waals surface area (Å²) < 4.78 is 0. The van der Waals surface area contributed by atoms with E-state index >= 15 is 0 Å². The van der Waals surface area contributed by atoms with Gasteiger partial charge in [0.2, 0.25) is 0 Å². The largest absolute Gasteiger partial charge is 0.308 e. The van der Waals surface area contributed by atoms with Crippen molar-refractivity contribution in [2.24, 2.45) is 0 Å². The van der Waals surface area contributed by atoms with Crippen LogP contribution in [0.15, 0.2) is 165 Å². The van der Waals surface area contributed by atoms with Gasteiger partial charge in [0.25, 0.3) is 0 Å². The number of hydrogen-bond donors (Lipinski definition) is 0. The van der Waals surface area contributed by atoms with Crippen molar-refractivity contribution in [3.05, 3.63) is 146 Å². The molecule has 0 aromatic heterocycles. The quantitative estimate of drug-likeness (QED) is 0.184. The molecule has 2 heterocycles. The molecule has 0 atom stereocenters. The Bertz CT molecular complexity index is 1730. The Morgan fingerprint density at radius 2 is 0.651 bits per heavy atom. The van der Waals surface area contributed by atoms with Gasteiger partial charge >= 0.3 is 0 Å². The minimum atomic E-state index is -1.93. The first-order chi connectivity index (χ1) is 21.1. The van der Waals surface area contributed by atoms with Crippen molar-refractivity contribution < 1.29 is 0 Å². The van der Waals surface area contributed by atoms with E-state index in [2.05, 4.69) is 168 Å². The van der Waals surface area contributed by atoms with E-state index < -0.39 is 8.07 Å². The number of anilines is 6. The first kappa shape index (κ1) is 26.5. The van der Waals surface area contributed by atoms with Crippen molar-refractivity contribution in [2.75, 3.05) is 9.80 Å². The molecule has 0 spiro atoms. The topological polar surface area (TPSA) is 6.48 Å². The van der Waals surface area contributed by atoms with E-state index in [1.807, 2.05) is 23.5 Å². The molecule has 5 heteroatoms. The molecule has 0 amide bonds. The van der Waals surface area contributed by atoms with Crippen LogP contribution in [-0.4, -0.2) is 8.07 Å². The highest BCUT2D eigenvalue weighted by Gasteiger charge is 2.29. The van der Waals surface area contributed by atoms with Crippen LogP contribution in [0.5, 0.6) is 0 Å². The Morgan fingerprint density at radius 3 is 0.953 bits per heavy atom. The first-order valence-corrected chi connectivity index (χ1v) is 19.2. The Morgan fingerprint density at radius 1 is 0.372 bits per heavy atom. The van der Waals surface area contributed by atoms with Crippen LogP contribution < -0.4 is 20.2 Å². The van der Waals surface area contributed by atoms with Crippen LogP contribution in [0.3, 0.4) is 0 Å². The molecular weight excluding hydrogens is 577 g/mol. The summed E-state index contributed by atoms with van der Waals surface area (Å²) in [6, 6.07) is 53.5. The average Bonchev–Trinajstić information content (AvgIpc) is 3.06. The van der Waals surface area contributed by atoms with Crippen molar-refractivity contribution in [1.29, 1.82) is 0 Å². The van der Waals surface area contributed by atoms with Gasteiger partial charge in [-0.2, -0.15) is 0 Å². The van der Waals surface area contributed by atoms with Gasteiger partial charge in [0.15, 0.2) is 0 Å². The number of fused-ring (bicyclic) bond motifs is 4. The van der Waals surface area contributed by atoms with Crippen LogP contribution in [0.4, 0.5) is 34.1 Å². The zero-order valence-electron chi connectivity index (χ0n) is 24.1. The van der Waals surface area contributed by atoms with Gasteiger partial charge in [0.1, 0.15) is 8.07 Å². The molecule has 0 bridgehead atoms. The van der Waals surface area contributed by atoms with Crippen molar-refractivity contribution in [1.82, 2.24) is 0 Å². The van der Waals surface area contributed by atoms with Crippen LogP contribution >= 0.6 is 23.5 Å². The van der Waals surface area contributed by atoms with Crippen LogP contribution in [0, 0.1) is 0 Å². The maximum absolute atomic E-state index is 2.46. The molecule has 43 heavy (non-hydrogen) atoms. The zero-order valence-corrected chi connectivity index (χ0v) is 26.7. The number of para-hydroxylation sites is 4. The second kappa shape index (κ2) is 10.5. The highest BCUT2D eigenvalue weighted by atomic mass is 32.2. The van der Waals surface area contributed by atoms with E-state index in [0.29, 0.717) is 0 Å². The van der Waals surface area contributed by atoms with Gasteiger partial charge in [0, 0.05) is 31.0 Å². The molecule has 6 aromatic rings. The highest BCUT2D eigenvalue weighted by Crippen LogP contribution is 2.52. The minimum Gasteiger partial charge on any atom is -0.308 e. The summed E-state index contributed by atoms with van der Waals surface area (Å²) in [5, 5.41) is 2.86. The monoisotopic (exact) mass is 606 g/mol. The van der Waals surface area contributed by atoms with E-state index in [9.17, 15) is 0 Å². The van der Waals surface area contributed by atoms with Crippen LogP contribution in [-0.2, 0) is 0 Å². The van der Waals surface area contributed by atoms with E-state index in [1.165, 1.54) is 64.1 Å². The number of nitrogens with zero attached hydrogens (tertiary/aromatic N) is 2. The van der Waals surface area contributed by atoms with Gasteiger partial charge in [-0.25, -0.2) is 0 Å². The molecule has 2 aliphatic rings. The zero-order chi connectivity index (χ0) is 29.0. The number of rotatable bonds is 4. The lowest BCUT2D eigenvalue weighted by Crippen LogP contribution is -2.52. The summed E-state index contributed by atoms with van der Waals surface area (Å²) >= 11 is 3.70. The molecule has 0 saturated heterocycles. The SMILES string of the molecule is C[Si](C)(c1ccc(N2c3ccccc3Sc3ccccc32)cc1)c1ccc(N2c3ccccc3Sc3ccccc32)cc1. The standard InChI is InChI=1S/C38H30N2S2Si/c1-43(2,29-23-19-27(20-24-29)39-31-11-3-7-15-35(31)41-36-16-8-4-12-32(36)39)30-25-21-28(22-26-30)40-33-13-5-9-17-37(33)42-38-18-10-6-14-34(38)40/h3-26H,1-2H3. The van der Waals surface area contributed by atoms with E-state index in [-0.39, 0.29) is 0 Å². The lowest BCUT2D eigenvalue weighted by atomic mass is 10.2. The van der Waals surface area contributed by atoms with Crippen molar-refractivity contribution >= 4 is 76.1 Å². The van der Waals surface area contributed by atoms with E-state index in [1.54, 1.807) is 0 Å². The summed E-state index contributed by atoms with van der Waals surface area (Å²) in [4.78, 5) is 9.97. The predicted octanol–water partition coefficient (Wildman–Crippen LogP) is 10.4. The van der Waals surface area contributed by atoms with Gasteiger partial charge in [-0.3, -0.25) is 0 Å². The highest BCUT2D eigenvalue weighted by molar-refractivity contribution is 8.00. The fourth-order valence-corrected chi connectivity index (χ4v) is 10.6. The van der Waals surface area contributed by atoms with Gasteiger partial charge < -0.3 is 9.80 Å². The Kier molecular flexibility index (Phi) is 6.48. The fourth-order valence-electron chi connectivity index (χ4n) is 6.19. The third-order valence-electron chi connectivity index (χ3n) is 8.56. The lowest BCUT2D eigenvalue weighted by molar-refractivity contribution is 1.17. The van der Waals surface area contributed by atoms with Gasteiger partial charge in [0.05, 0.1) is 22.7 Å². The van der Waals surface area contributed by atoms with Crippen LogP contribution in [0.2, 0.25) is 13.1 Å². The minimum absolute atomic E-state index is 1.20. The second-order valence-corrected chi connectivity index (χ2v) is 18.0. The molecular formula is C38H30N2S2Si. The van der Waals surface area contributed by atoms with Crippen LogP contribution in [0.1, 0.15) is 0 Å². The molecule has 0 radical (unpaired) electrons. The van der Waals surface area contributed by atoms with Crippen molar-refractivity contribution in [3.63, 3.8) is 0 Å². The van der Waals surface area contributed by atoms with Gasteiger partial charge in [-0.15, -0.1) is 0 Å². The molecule has 0 N–H and O–H groups in total. The molecule has 2 nitrogen and oxygen atoms in total. The summed E-state index contributed by atoms with van der Waals surface area (Å²) in [6.07, 6.45) is 0. The van der Waals surface area contributed by atoms with Gasteiger partial charge in [-0.05, 0) is 72.8 Å². The molecule has 0 saturated carbocycles. The Balaban J connectivity index is 1.12. The number of benzene rings is 6. The van der Waals surface area contributed by atoms with Crippen molar-refractivity contribution in [3.8, 4) is 0 Å². The van der Waals surface area contributed by atoms with Crippen LogP contribution in [0.25, 0.3) is 0 Å². The molecule has 0 unspecified atom stereocenters. The Labute approximate surface area is 263 Å². The Hall–Kier alpha value is -4.16. The summed E-state index contributed by atoms with van der Waals surface area (Å²) in [7, 11) is -1.93. The molecule has 0 aliphatic carbocycles. The van der Waals surface area contributed by atoms with Gasteiger partial charge in [-0.1, -0.05) is 120 Å².